The van der Waals surface area contributed by atoms with Gasteiger partial charge in [0, 0.05) is 11.8 Å². The first-order valence-corrected chi connectivity index (χ1v) is 7.51. The lowest BCUT2D eigenvalue weighted by Gasteiger charge is -2.10. The van der Waals surface area contributed by atoms with Crippen LogP contribution >= 0.6 is 23.2 Å². The van der Waals surface area contributed by atoms with Gasteiger partial charge in [0.15, 0.2) is 9.84 Å². The van der Waals surface area contributed by atoms with E-state index in [0.29, 0.717) is 21.5 Å². The third kappa shape index (κ3) is 4.26. The molecular weight excluding hydrogens is 285 g/mol. The van der Waals surface area contributed by atoms with Crippen LogP contribution in [0.15, 0.2) is 12.1 Å². The molecule has 0 aromatic heterocycles. The van der Waals surface area contributed by atoms with Crippen molar-refractivity contribution in [2.24, 2.45) is 0 Å². The van der Waals surface area contributed by atoms with Crippen molar-refractivity contribution in [1.82, 2.24) is 0 Å². The highest BCUT2D eigenvalue weighted by Crippen LogP contribution is 2.32. The minimum atomic E-state index is -3.05. The average molecular weight is 298 g/mol. The topological polar surface area (TPSA) is 69.4 Å². The van der Waals surface area contributed by atoms with Gasteiger partial charge in [-0.1, -0.05) is 30.1 Å². The highest BCUT2D eigenvalue weighted by Gasteiger charge is 2.10. The Kier molecular flexibility index (Phi) is 4.91. The second-order valence-corrected chi connectivity index (χ2v) is 6.68. The van der Waals surface area contributed by atoms with Crippen molar-refractivity contribution >= 4 is 38.7 Å². The van der Waals surface area contributed by atoms with Gasteiger partial charge in [-0.15, -0.1) is 0 Å². The van der Waals surface area contributed by atoms with Gasteiger partial charge >= 0.3 is 0 Å². The molecule has 0 radical (unpaired) electrons. The molecule has 0 aliphatic heterocycles. The zero-order valence-corrected chi connectivity index (χ0v) is 11.6. The number of hydrogen-bond donors (Lipinski definition) is 1. The van der Waals surface area contributed by atoms with Crippen molar-refractivity contribution in [2.45, 2.75) is 6.92 Å². The molecule has 1 aromatic rings. The van der Waals surface area contributed by atoms with Crippen LogP contribution in [0.25, 0.3) is 0 Å². The summed E-state index contributed by atoms with van der Waals surface area (Å²) in [5, 5.41) is 0.645. The van der Waals surface area contributed by atoms with E-state index >= 15 is 0 Å². The van der Waals surface area contributed by atoms with Gasteiger partial charge in [-0.3, -0.25) is 0 Å². The summed E-state index contributed by atoms with van der Waals surface area (Å²) in [7, 11) is -3.05. The van der Waals surface area contributed by atoms with Crippen LogP contribution in [0.5, 0.6) is 5.75 Å². The van der Waals surface area contributed by atoms with Gasteiger partial charge in [0.2, 0.25) is 0 Å². The maximum absolute atomic E-state index is 11.2. The molecule has 0 unspecified atom stereocenters. The lowest BCUT2D eigenvalue weighted by atomic mass is 10.3. The minimum absolute atomic E-state index is 0.0400. The Balaban J connectivity index is 2.68. The smallest absolute Gasteiger partial charge is 0.153 e. The third-order valence-corrected chi connectivity index (χ3v) is 4.53. The van der Waals surface area contributed by atoms with Crippen molar-refractivity contribution in [3.8, 4) is 5.75 Å². The molecule has 1 aromatic carbocycles. The molecule has 0 aliphatic rings. The first-order valence-electron chi connectivity index (χ1n) is 4.93. The fraction of sp³-hybridized carbons (Fsp3) is 0.400. The molecule has 0 aliphatic carbocycles. The van der Waals surface area contributed by atoms with E-state index in [-0.39, 0.29) is 18.1 Å². The summed E-state index contributed by atoms with van der Waals surface area (Å²) in [4.78, 5) is 0. The van der Waals surface area contributed by atoms with Gasteiger partial charge in [0.25, 0.3) is 0 Å². The number of rotatable bonds is 5. The fourth-order valence-electron chi connectivity index (χ4n) is 1.09. The van der Waals surface area contributed by atoms with E-state index in [0.717, 1.165) is 0 Å². The Bertz CT molecular complexity index is 503. The lowest BCUT2D eigenvalue weighted by molar-refractivity contribution is 0.343. The number of halogens is 2. The Hall–Kier alpha value is -0.650. The van der Waals surface area contributed by atoms with Crippen LogP contribution in [0.3, 0.4) is 0 Å². The van der Waals surface area contributed by atoms with Gasteiger partial charge in [0.05, 0.1) is 21.5 Å². The van der Waals surface area contributed by atoms with Gasteiger partial charge in [0.1, 0.15) is 12.4 Å². The maximum atomic E-state index is 11.2. The van der Waals surface area contributed by atoms with Crippen molar-refractivity contribution < 1.29 is 13.2 Å². The van der Waals surface area contributed by atoms with Crippen LogP contribution in [0.2, 0.25) is 10.0 Å². The predicted molar refractivity (Wildman–Crippen MR) is 70.7 cm³/mol. The highest BCUT2D eigenvalue weighted by atomic mass is 35.5. The molecule has 0 bridgehead atoms. The predicted octanol–water partition coefficient (Wildman–Crippen LogP) is 2.39. The summed E-state index contributed by atoms with van der Waals surface area (Å²) in [5.41, 5.74) is 5.98. The molecule has 0 heterocycles. The first kappa shape index (κ1) is 14.4. The lowest BCUT2D eigenvalue weighted by Crippen LogP contribution is -2.16. The molecule has 7 heteroatoms. The van der Waals surface area contributed by atoms with E-state index in [4.69, 9.17) is 33.7 Å². The summed E-state index contributed by atoms with van der Waals surface area (Å²) in [6.07, 6.45) is 0. The molecule has 4 nitrogen and oxygen atoms in total. The molecule has 1 rings (SSSR count). The van der Waals surface area contributed by atoms with Gasteiger partial charge < -0.3 is 10.5 Å². The number of ether oxygens (including phenoxy) is 1. The quantitative estimate of drug-likeness (QED) is 0.847. The van der Waals surface area contributed by atoms with Crippen LogP contribution in [-0.4, -0.2) is 26.5 Å². The highest BCUT2D eigenvalue weighted by molar-refractivity contribution is 7.91. The molecule has 0 saturated heterocycles. The van der Waals surface area contributed by atoms with Gasteiger partial charge in [-0.05, 0) is 6.07 Å². The number of hydrogen-bond acceptors (Lipinski definition) is 4. The molecule has 0 fully saturated rings. The molecule has 0 saturated carbocycles. The summed E-state index contributed by atoms with van der Waals surface area (Å²) in [6.45, 7) is 1.63. The molecule has 96 valence electrons. The monoisotopic (exact) mass is 297 g/mol. The van der Waals surface area contributed by atoms with Crippen LogP contribution in [-0.2, 0) is 9.84 Å². The van der Waals surface area contributed by atoms with E-state index in [9.17, 15) is 8.42 Å². The van der Waals surface area contributed by atoms with Crippen LogP contribution < -0.4 is 10.5 Å². The standard InChI is InChI=1S/C10H13Cl2NO3S/c1-2-17(14,15)4-3-16-10-6-8(12)7(11)5-9(10)13/h5-6H,2-4,13H2,1H3. The number of nitrogens with two attached hydrogens (primary N) is 1. The number of sulfone groups is 1. The largest absolute Gasteiger partial charge is 0.490 e. The molecule has 0 amide bonds. The van der Waals surface area contributed by atoms with E-state index in [2.05, 4.69) is 0 Å². The average Bonchev–Trinajstić information content (AvgIpc) is 2.25. The Morgan fingerprint density at radius 3 is 2.47 bits per heavy atom. The van der Waals surface area contributed by atoms with E-state index in [1.807, 2.05) is 0 Å². The molecule has 0 spiro atoms. The van der Waals surface area contributed by atoms with Crippen molar-refractivity contribution in [1.29, 1.82) is 0 Å². The minimum Gasteiger partial charge on any atom is -0.490 e. The van der Waals surface area contributed by atoms with E-state index in [1.165, 1.54) is 12.1 Å². The fourth-order valence-corrected chi connectivity index (χ4v) is 2.04. The molecule has 0 atom stereocenters. The Morgan fingerprint density at radius 2 is 1.88 bits per heavy atom. The van der Waals surface area contributed by atoms with E-state index < -0.39 is 9.84 Å². The van der Waals surface area contributed by atoms with Crippen molar-refractivity contribution in [3.05, 3.63) is 22.2 Å². The van der Waals surface area contributed by atoms with Crippen molar-refractivity contribution in [2.75, 3.05) is 23.8 Å². The van der Waals surface area contributed by atoms with Crippen LogP contribution in [0, 0.1) is 0 Å². The summed E-state index contributed by atoms with van der Waals surface area (Å²) < 4.78 is 27.7. The summed E-state index contributed by atoms with van der Waals surface area (Å²) in [6, 6.07) is 2.94. The maximum Gasteiger partial charge on any atom is 0.153 e. The zero-order valence-electron chi connectivity index (χ0n) is 9.24. The van der Waals surface area contributed by atoms with Gasteiger partial charge in [-0.25, -0.2) is 8.42 Å². The second-order valence-electron chi connectivity index (χ2n) is 3.39. The van der Waals surface area contributed by atoms with Crippen LogP contribution in [0.4, 0.5) is 5.69 Å². The van der Waals surface area contributed by atoms with Crippen LogP contribution in [0.1, 0.15) is 6.92 Å². The van der Waals surface area contributed by atoms with E-state index in [1.54, 1.807) is 6.92 Å². The molecule has 2 N–H and O–H groups in total. The number of anilines is 1. The first-order chi connectivity index (χ1) is 7.85. The Labute approximate surface area is 111 Å². The number of benzene rings is 1. The molecular formula is C10H13Cl2NO3S. The third-order valence-electron chi connectivity index (χ3n) is 2.14. The van der Waals surface area contributed by atoms with Gasteiger partial charge in [-0.2, -0.15) is 0 Å². The summed E-state index contributed by atoms with van der Waals surface area (Å²) >= 11 is 11.5. The van der Waals surface area contributed by atoms with Crippen molar-refractivity contribution in [3.63, 3.8) is 0 Å². The normalized spacial score (nSPS) is 11.5. The zero-order chi connectivity index (χ0) is 13.1. The molecule has 17 heavy (non-hydrogen) atoms. The Morgan fingerprint density at radius 1 is 1.29 bits per heavy atom. The second kappa shape index (κ2) is 5.80. The number of nitrogen functional groups attached to an aromatic ring is 1. The summed E-state index contributed by atoms with van der Waals surface area (Å²) in [5.74, 6) is 0.377. The SMILES string of the molecule is CCS(=O)(=O)CCOc1cc(Cl)c(Cl)cc1N.